The molecule has 23 heavy (non-hydrogen) atoms. The maximum Gasteiger partial charge on any atom is 0.416 e. The Kier molecular flexibility index (Phi) is 4.73. The summed E-state index contributed by atoms with van der Waals surface area (Å²) in [6.45, 7) is 1.59. The van der Waals surface area contributed by atoms with Crippen molar-refractivity contribution in [3.05, 3.63) is 70.0 Å². The third-order valence-corrected chi connectivity index (χ3v) is 3.66. The van der Waals surface area contributed by atoms with E-state index in [1.807, 2.05) is 0 Å². The molecule has 1 N–H and O–H groups in total. The Bertz CT molecular complexity index is 738. The summed E-state index contributed by atoms with van der Waals surface area (Å²) >= 11 is 0. The number of rotatable bonds is 3. The Hall–Kier alpha value is -2.37. The Morgan fingerprint density at radius 1 is 1.13 bits per heavy atom. The van der Waals surface area contributed by atoms with Crippen molar-refractivity contribution in [2.45, 2.75) is 19.5 Å². The van der Waals surface area contributed by atoms with Crippen LogP contribution in [0.25, 0.3) is 0 Å². The molecule has 0 saturated carbocycles. The van der Waals surface area contributed by atoms with Gasteiger partial charge in [-0.3, -0.25) is 4.79 Å². The minimum atomic E-state index is -4.48. The van der Waals surface area contributed by atoms with Crippen LogP contribution in [0.15, 0.2) is 36.4 Å². The van der Waals surface area contributed by atoms with E-state index in [9.17, 15) is 22.4 Å². The lowest BCUT2D eigenvalue weighted by atomic mass is 9.93. The Labute approximate surface area is 131 Å². The lowest BCUT2D eigenvalue weighted by molar-refractivity contribution is -0.138. The first-order valence-electron chi connectivity index (χ1n) is 6.90. The summed E-state index contributed by atoms with van der Waals surface area (Å²) in [6.07, 6.45) is -4.59. The molecule has 0 aliphatic heterocycles. The Balaban J connectivity index is 2.50. The highest BCUT2D eigenvalue weighted by atomic mass is 19.4. The molecule has 0 aliphatic carbocycles. The molecule has 2 rings (SSSR count). The highest BCUT2D eigenvalue weighted by molar-refractivity contribution is 5.95. The molecule has 0 saturated heterocycles. The third-order valence-electron chi connectivity index (χ3n) is 3.66. The number of amides is 1. The standard InChI is InChI=1S/C17H15F4NO/c1-10-12(8-13(18)9-14(10)16(23)22-2)7-11-5-3-4-6-15(11)17(19,20)21/h3-6,8-9H,7H2,1-2H3,(H,22,23). The molecule has 0 fully saturated rings. The van der Waals surface area contributed by atoms with Crippen molar-refractivity contribution < 1.29 is 22.4 Å². The summed E-state index contributed by atoms with van der Waals surface area (Å²) in [7, 11) is 1.41. The van der Waals surface area contributed by atoms with Crippen LogP contribution >= 0.6 is 0 Å². The number of benzene rings is 2. The molecule has 2 aromatic carbocycles. The normalized spacial score (nSPS) is 11.4. The number of alkyl halides is 3. The minimum Gasteiger partial charge on any atom is -0.355 e. The highest BCUT2D eigenvalue weighted by Gasteiger charge is 2.33. The number of carbonyl (C=O) groups excluding carboxylic acids is 1. The van der Waals surface area contributed by atoms with Gasteiger partial charge in [0, 0.05) is 12.6 Å². The fraction of sp³-hybridized carbons (Fsp3) is 0.235. The Morgan fingerprint density at radius 2 is 1.78 bits per heavy atom. The van der Waals surface area contributed by atoms with Gasteiger partial charge in [0.2, 0.25) is 0 Å². The quantitative estimate of drug-likeness (QED) is 0.846. The molecule has 0 unspecified atom stereocenters. The van der Waals surface area contributed by atoms with Crippen molar-refractivity contribution in [1.29, 1.82) is 0 Å². The average Bonchev–Trinajstić information content (AvgIpc) is 2.49. The molecule has 1 amide bonds. The van der Waals surface area contributed by atoms with Crippen LogP contribution in [-0.4, -0.2) is 13.0 Å². The molecule has 2 aromatic rings. The highest BCUT2D eigenvalue weighted by Crippen LogP contribution is 2.33. The van der Waals surface area contributed by atoms with E-state index >= 15 is 0 Å². The van der Waals surface area contributed by atoms with Crippen molar-refractivity contribution in [2.24, 2.45) is 0 Å². The van der Waals surface area contributed by atoms with E-state index in [1.165, 1.54) is 25.2 Å². The lowest BCUT2D eigenvalue weighted by Gasteiger charge is -2.15. The zero-order valence-electron chi connectivity index (χ0n) is 12.6. The summed E-state index contributed by atoms with van der Waals surface area (Å²) in [4.78, 5) is 11.8. The number of halogens is 4. The topological polar surface area (TPSA) is 29.1 Å². The van der Waals surface area contributed by atoms with Crippen LogP contribution in [0, 0.1) is 12.7 Å². The SMILES string of the molecule is CNC(=O)c1cc(F)cc(Cc2ccccc2C(F)(F)F)c1C. The zero-order valence-corrected chi connectivity index (χ0v) is 12.6. The van der Waals surface area contributed by atoms with Crippen LogP contribution in [0.2, 0.25) is 0 Å². The lowest BCUT2D eigenvalue weighted by Crippen LogP contribution is -2.20. The fourth-order valence-corrected chi connectivity index (χ4v) is 2.45. The van der Waals surface area contributed by atoms with E-state index in [0.717, 1.165) is 18.2 Å². The summed E-state index contributed by atoms with van der Waals surface area (Å²) < 4.78 is 52.9. The summed E-state index contributed by atoms with van der Waals surface area (Å²) in [5.74, 6) is -1.14. The van der Waals surface area contributed by atoms with Gasteiger partial charge < -0.3 is 5.32 Å². The van der Waals surface area contributed by atoms with Crippen molar-refractivity contribution in [3.8, 4) is 0 Å². The van der Waals surface area contributed by atoms with Gasteiger partial charge in [0.25, 0.3) is 5.91 Å². The molecule has 6 heteroatoms. The van der Waals surface area contributed by atoms with Gasteiger partial charge in [0.15, 0.2) is 0 Å². The molecular weight excluding hydrogens is 310 g/mol. The molecule has 0 atom stereocenters. The first kappa shape index (κ1) is 17.0. The molecule has 2 nitrogen and oxygen atoms in total. The minimum absolute atomic E-state index is 0.0385. The monoisotopic (exact) mass is 325 g/mol. The number of carbonyl (C=O) groups is 1. The number of nitrogens with one attached hydrogen (secondary N) is 1. The van der Waals surface area contributed by atoms with Crippen LogP contribution in [0.1, 0.15) is 32.6 Å². The second-order valence-corrected chi connectivity index (χ2v) is 5.15. The number of hydrogen-bond donors (Lipinski definition) is 1. The number of hydrogen-bond acceptors (Lipinski definition) is 1. The molecule has 122 valence electrons. The van der Waals surface area contributed by atoms with Gasteiger partial charge in [0.1, 0.15) is 5.82 Å². The molecular formula is C17H15F4NO. The largest absolute Gasteiger partial charge is 0.416 e. The van der Waals surface area contributed by atoms with E-state index < -0.39 is 23.5 Å². The van der Waals surface area contributed by atoms with E-state index in [2.05, 4.69) is 5.32 Å². The van der Waals surface area contributed by atoms with Gasteiger partial charge in [-0.25, -0.2) is 4.39 Å². The van der Waals surface area contributed by atoms with Gasteiger partial charge in [-0.05, 0) is 48.2 Å². The summed E-state index contributed by atoms with van der Waals surface area (Å²) in [5, 5.41) is 2.39. The van der Waals surface area contributed by atoms with Crippen LogP contribution < -0.4 is 5.32 Å². The van der Waals surface area contributed by atoms with Gasteiger partial charge in [0.05, 0.1) is 5.56 Å². The van der Waals surface area contributed by atoms with Crippen molar-refractivity contribution in [2.75, 3.05) is 7.05 Å². The second kappa shape index (κ2) is 6.40. The van der Waals surface area contributed by atoms with Gasteiger partial charge in [-0.15, -0.1) is 0 Å². The first-order valence-corrected chi connectivity index (χ1v) is 6.90. The van der Waals surface area contributed by atoms with Crippen molar-refractivity contribution >= 4 is 5.91 Å². The second-order valence-electron chi connectivity index (χ2n) is 5.15. The maximum atomic E-state index is 13.7. The van der Waals surface area contributed by atoms with Crippen LogP contribution in [0.5, 0.6) is 0 Å². The molecule has 0 spiro atoms. The summed E-state index contributed by atoms with van der Waals surface area (Å²) in [6, 6.07) is 7.39. The van der Waals surface area contributed by atoms with Gasteiger partial charge >= 0.3 is 6.18 Å². The predicted octanol–water partition coefficient (Wildman–Crippen LogP) is 4.10. The molecule has 0 aromatic heterocycles. The molecule has 0 bridgehead atoms. The van der Waals surface area contributed by atoms with Gasteiger partial charge in [-0.2, -0.15) is 13.2 Å². The van der Waals surface area contributed by atoms with E-state index in [1.54, 1.807) is 6.92 Å². The van der Waals surface area contributed by atoms with E-state index in [4.69, 9.17) is 0 Å². The van der Waals surface area contributed by atoms with E-state index in [0.29, 0.717) is 11.1 Å². The van der Waals surface area contributed by atoms with E-state index in [-0.39, 0.29) is 17.5 Å². The fourth-order valence-electron chi connectivity index (χ4n) is 2.45. The third kappa shape index (κ3) is 3.70. The summed E-state index contributed by atoms with van der Waals surface area (Å²) in [5.41, 5.74) is 0.205. The molecule has 0 aliphatic rings. The van der Waals surface area contributed by atoms with Crippen molar-refractivity contribution in [1.82, 2.24) is 5.32 Å². The Morgan fingerprint density at radius 3 is 2.39 bits per heavy atom. The van der Waals surface area contributed by atoms with Crippen molar-refractivity contribution in [3.63, 3.8) is 0 Å². The van der Waals surface area contributed by atoms with Crippen LogP contribution in [-0.2, 0) is 12.6 Å². The van der Waals surface area contributed by atoms with Crippen LogP contribution in [0.4, 0.5) is 17.6 Å². The molecule has 0 heterocycles. The first-order chi connectivity index (χ1) is 10.7. The predicted molar refractivity (Wildman–Crippen MR) is 78.8 cm³/mol. The smallest absolute Gasteiger partial charge is 0.355 e. The maximum absolute atomic E-state index is 13.7. The molecule has 0 radical (unpaired) electrons. The average molecular weight is 325 g/mol. The van der Waals surface area contributed by atoms with Gasteiger partial charge in [-0.1, -0.05) is 18.2 Å². The zero-order chi connectivity index (χ0) is 17.2. The van der Waals surface area contributed by atoms with Crippen LogP contribution in [0.3, 0.4) is 0 Å².